The van der Waals surface area contributed by atoms with E-state index in [0.717, 1.165) is 11.3 Å². The molecule has 0 fully saturated rings. The number of pyridine rings is 2. The van der Waals surface area contributed by atoms with Crippen LogP contribution < -0.4 is 0 Å². The quantitative estimate of drug-likeness (QED) is 0.506. The Balaban J connectivity index is 2.09. The number of thiazole rings is 1. The molecule has 0 N–H and O–H groups in total. The molecular formula is C17H14F3N5S. The molecule has 134 valence electrons. The maximum absolute atomic E-state index is 13.5. The molecule has 5 nitrogen and oxygen atoms in total. The molecule has 3 rings (SSSR count). The molecule has 3 aromatic rings. The minimum absolute atomic E-state index is 0.0311. The van der Waals surface area contributed by atoms with Crippen LogP contribution in [0.3, 0.4) is 0 Å². The van der Waals surface area contributed by atoms with E-state index in [2.05, 4.69) is 20.1 Å². The fraction of sp³-hybridized carbons (Fsp3) is 0.176. The van der Waals surface area contributed by atoms with Crippen molar-refractivity contribution in [1.29, 1.82) is 0 Å². The van der Waals surface area contributed by atoms with Crippen LogP contribution in [-0.4, -0.2) is 40.3 Å². The highest BCUT2D eigenvalue weighted by Gasteiger charge is 2.38. The zero-order valence-corrected chi connectivity index (χ0v) is 14.7. The summed E-state index contributed by atoms with van der Waals surface area (Å²) in [6.45, 7) is 0. The van der Waals surface area contributed by atoms with Gasteiger partial charge in [0.05, 0.1) is 22.5 Å². The number of alkyl halides is 3. The van der Waals surface area contributed by atoms with Crippen molar-refractivity contribution < 1.29 is 13.2 Å². The molecule has 0 atom stereocenters. The Morgan fingerprint density at radius 3 is 2.58 bits per heavy atom. The summed E-state index contributed by atoms with van der Waals surface area (Å²) in [4.78, 5) is 12.0. The van der Waals surface area contributed by atoms with E-state index < -0.39 is 11.9 Å². The summed E-state index contributed by atoms with van der Waals surface area (Å²) in [6.07, 6.45) is -0.0598. The lowest BCUT2D eigenvalue weighted by atomic mass is 10.2. The van der Waals surface area contributed by atoms with Gasteiger partial charge in [-0.3, -0.25) is 4.98 Å². The van der Waals surface area contributed by atoms with Gasteiger partial charge in [-0.1, -0.05) is 6.07 Å². The first-order chi connectivity index (χ1) is 12.3. The zero-order chi connectivity index (χ0) is 18.7. The topological polar surface area (TPSA) is 54.3 Å². The predicted octanol–water partition coefficient (Wildman–Crippen LogP) is 4.18. The molecule has 0 unspecified atom stereocenters. The second-order valence-electron chi connectivity index (χ2n) is 5.48. The average molecular weight is 377 g/mol. The fourth-order valence-corrected chi connectivity index (χ4v) is 3.17. The van der Waals surface area contributed by atoms with E-state index in [-0.39, 0.29) is 15.6 Å². The summed E-state index contributed by atoms with van der Waals surface area (Å²) in [6, 6.07) is 8.17. The molecule has 0 aliphatic carbocycles. The van der Waals surface area contributed by atoms with E-state index in [0.29, 0.717) is 11.3 Å². The highest BCUT2D eigenvalue weighted by atomic mass is 32.1. The van der Waals surface area contributed by atoms with Gasteiger partial charge in [0, 0.05) is 32.1 Å². The molecule has 0 aliphatic heterocycles. The molecular weight excluding hydrogens is 363 g/mol. The zero-order valence-electron chi connectivity index (χ0n) is 13.9. The molecule has 3 aromatic heterocycles. The van der Waals surface area contributed by atoms with E-state index in [1.54, 1.807) is 49.6 Å². The smallest absolute Gasteiger partial charge is 0.303 e. The molecule has 0 saturated carbocycles. The van der Waals surface area contributed by atoms with Crippen molar-refractivity contribution in [3.05, 3.63) is 54.1 Å². The number of halogens is 3. The number of nitrogens with zero attached hydrogens (tertiary/aromatic N) is 5. The van der Waals surface area contributed by atoms with Gasteiger partial charge >= 0.3 is 6.18 Å². The molecule has 0 spiro atoms. The Morgan fingerprint density at radius 2 is 1.92 bits per heavy atom. The third-order valence-electron chi connectivity index (χ3n) is 3.23. The molecule has 9 heteroatoms. The molecule has 0 aliphatic rings. The molecule has 3 heterocycles. The Kier molecular flexibility index (Phi) is 4.99. The van der Waals surface area contributed by atoms with E-state index in [4.69, 9.17) is 0 Å². The minimum Gasteiger partial charge on any atom is -0.303 e. The van der Waals surface area contributed by atoms with Crippen molar-refractivity contribution >= 4 is 17.6 Å². The van der Waals surface area contributed by atoms with Crippen LogP contribution in [0.2, 0.25) is 0 Å². The first kappa shape index (κ1) is 18.0. The van der Waals surface area contributed by atoms with E-state index >= 15 is 0 Å². The first-order valence-electron chi connectivity index (χ1n) is 7.52. The monoisotopic (exact) mass is 377 g/mol. The maximum Gasteiger partial charge on any atom is 0.434 e. The summed E-state index contributed by atoms with van der Waals surface area (Å²) < 4.78 is 40.5. The molecule has 0 amide bonds. The maximum atomic E-state index is 13.5. The second kappa shape index (κ2) is 7.20. The van der Waals surface area contributed by atoms with Gasteiger partial charge in [-0.15, -0.1) is 11.3 Å². The van der Waals surface area contributed by atoms with Gasteiger partial charge in [0.25, 0.3) is 0 Å². The number of hydrogen-bond donors (Lipinski definition) is 0. The van der Waals surface area contributed by atoms with Gasteiger partial charge in [-0.05, 0) is 24.3 Å². The van der Waals surface area contributed by atoms with Crippen LogP contribution in [0.4, 0.5) is 13.2 Å². The van der Waals surface area contributed by atoms with Crippen LogP contribution in [0.5, 0.6) is 0 Å². The summed E-state index contributed by atoms with van der Waals surface area (Å²) >= 11 is 0.937. The van der Waals surface area contributed by atoms with Crippen LogP contribution in [-0.2, 0) is 6.18 Å². The van der Waals surface area contributed by atoms with E-state index in [1.165, 1.54) is 18.5 Å². The number of rotatable bonds is 4. The Bertz CT molecular complexity index is 920. The lowest BCUT2D eigenvalue weighted by molar-refractivity contribution is -0.140. The summed E-state index contributed by atoms with van der Waals surface area (Å²) in [5.74, 6) is 0. The fourth-order valence-electron chi connectivity index (χ4n) is 2.12. The SMILES string of the molecule is CN(C)/N=C/c1cccc(-c2sc(-c3cccnc3)nc2C(F)(F)F)n1. The van der Waals surface area contributed by atoms with E-state index in [9.17, 15) is 13.2 Å². The number of hydrogen-bond acceptors (Lipinski definition) is 6. The third-order valence-corrected chi connectivity index (χ3v) is 4.36. The highest BCUT2D eigenvalue weighted by molar-refractivity contribution is 7.18. The van der Waals surface area contributed by atoms with Crippen LogP contribution in [0.25, 0.3) is 21.1 Å². The van der Waals surface area contributed by atoms with Gasteiger partial charge in [0.1, 0.15) is 5.01 Å². The Morgan fingerprint density at radius 1 is 1.12 bits per heavy atom. The van der Waals surface area contributed by atoms with Crippen LogP contribution in [0, 0.1) is 0 Å². The molecule has 0 radical (unpaired) electrons. The molecule has 26 heavy (non-hydrogen) atoms. The molecule has 0 bridgehead atoms. The number of aromatic nitrogens is 3. The van der Waals surface area contributed by atoms with Crippen molar-refractivity contribution in [2.75, 3.05) is 14.1 Å². The first-order valence-corrected chi connectivity index (χ1v) is 8.33. The van der Waals surface area contributed by atoms with Crippen LogP contribution in [0.15, 0.2) is 47.8 Å². The minimum atomic E-state index is -4.58. The predicted molar refractivity (Wildman–Crippen MR) is 94.9 cm³/mol. The van der Waals surface area contributed by atoms with E-state index in [1.807, 2.05) is 0 Å². The van der Waals surface area contributed by atoms with Gasteiger partial charge in [0.15, 0.2) is 5.69 Å². The average Bonchev–Trinajstić information content (AvgIpc) is 3.07. The summed E-state index contributed by atoms with van der Waals surface area (Å²) in [7, 11) is 3.48. The normalized spacial score (nSPS) is 11.9. The summed E-state index contributed by atoms with van der Waals surface area (Å²) in [5, 5.41) is 5.87. The molecule has 0 saturated heterocycles. The van der Waals surface area contributed by atoms with Crippen molar-refractivity contribution in [2.45, 2.75) is 6.18 Å². The van der Waals surface area contributed by atoms with Gasteiger partial charge < -0.3 is 5.01 Å². The van der Waals surface area contributed by atoms with Crippen molar-refractivity contribution in [2.24, 2.45) is 5.10 Å². The van der Waals surface area contributed by atoms with Gasteiger partial charge in [-0.2, -0.15) is 18.3 Å². The van der Waals surface area contributed by atoms with Crippen molar-refractivity contribution in [3.8, 4) is 21.1 Å². The Hall–Kier alpha value is -2.81. The van der Waals surface area contributed by atoms with Crippen LogP contribution >= 0.6 is 11.3 Å². The van der Waals surface area contributed by atoms with Crippen molar-refractivity contribution in [1.82, 2.24) is 20.0 Å². The number of hydrazone groups is 1. The van der Waals surface area contributed by atoms with Crippen molar-refractivity contribution in [3.63, 3.8) is 0 Å². The Labute approximate surface area is 151 Å². The largest absolute Gasteiger partial charge is 0.434 e. The highest BCUT2D eigenvalue weighted by Crippen LogP contribution is 2.42. The second-order valence-corrected chi connectivity index (χ2v) is 6.47. The molecule has 0 aromatic carbocycles. The van der Waals surface area contributed by atoms with Crippen LogP contribution in [0.1, 0.15) is 11.4 Å². The lowest BCUT2D eigenvalue weighted by Crippen LogP contribution is -2.08. The standard InChI is InChI=1S/C17H14F3N5S/c1-25(2)22-10-12-6-3-7-13(23-12)14-15(17(18,19)20)24-16(26-14)11-5-4-8-21-9-11/h3-10H,1-2H3/b22-10+. The third kappa shape index (κ3) is 4.05. The van der Waals surface area contributed by atoms with Gasteiger partial charge in [0.2, 0.25) is 0 Å². The summed E-state index contributed by atoms with van der Waals surface area (Å²) in [5.41, 5.74) is 0.239. The lowest BCUT2D eigenvalue weighted by Gasteiger charge is -2.06. The van der Waals surface area contributed by atoms with Gasteiger partial charge in [-0.25, -0.2) is 9.97 Å².